The summed E-state index contributed by atoms with van der Waals surface area (Å²) in [6.45, 7) is 6.33. The molecule has 0 fully saturated rings. The van der Waals surface area contributed by atoms with Crippen LogP contribution in [0.5, 0.6) is 0 Å². The smallest absolute Gasteiger partial charge is 0.404 e. The largest absolute Gasteiger partial charge is 0.453 e. The van der Waals surface area contributed by atoms with Crippen molar-refractivity contribution in [1.29, 1.82) is 0 Å². The van der Waals surface area contributed by atoms with Crippen molar-refractivity contribution in [3.63, 3.8) is 0 Å². The SMILES string of the molecule is CCN(CC)CC=S(=O)=O.COC(N)=O. The summed E-state index contributed by atoms with van der Waals surface area (Å²) < 4.78 is 24.0. The minimum atomic E-state index is -2.01. The van der Waals surface area contributed by atoms with Crippen molar-refractivity contribution in [2.24, 2.45) is 5.73 Å². The predicted octanol–water partition coefficient (Wildman–Crippen LogP) is -0.279. The number of amides is 1. The third kappa shape index (κ3) is 15.7. The van der Waals surface area contributed by atoms with Gasteiger partial charge in [0.15, 0.2) is 0 Å². The molecule has 0 rings (SSSR count). The summed E-state index contributed by atoms with van der Waals surface area (Å²) in [4.78, 5) is 11.4. The van der Waals surface area contributed by atoms with E-state index < -0.39 is 16.4 Å². The van der Waals surface area contributed by atoms with Crippen molar-refractivity contribution in [1.82, 2.24) is 4.90 Å². The summed E-state index contributed by atoms with van der Waals surface area (Å²) >= 11 is 0. The minimum Gasteiger partial charge on any atom is -0.453 e. The molecule has 0 aliphatic rings. The Balaban J connectivity index is 0. The van der Waals surface area contributed by atoms with Crippen molar-refractivity contribution >= 4 is 21.8 Å². The lowest BCUT2D eigenvalue weighted by Gasteiger charge is -2.13. The molecule has 1 amide bonds. The van der Waals surface area contributed by atoms with Gasteiger partial charge in [0.2, 0.25) is 10.3 Å². The van der Waals surface area contributed by atoms with Gasteiger partial charge >= 0.3 is 6.09 Å². The second-order valence-electron chi connectivity index (χ2n) is 2.44. The van der Waals surface area contributed by atoms with E-state index in [1.54, 1.807) is 0 Å². The van der Waals surface area contributed by atoms with Gasteiger partial charge in [-0.3, -0.25) is 4.90 Å². The highest BCUT2D eigenvalue weighted by atomic mass is 32.2. The molecule has 7 heteroatoms. The average molecular weight is 238 g/mol. The molecule has 0 saturated heterocycles. The van der Waals surface area contributed by atoms with Crippen molar-refractivity contribution in [2.75, 3.05) is 26.7 Å². The van der Waals surface area contributed by atoms with E-state index in [1.807, 2.05) is 18.7 Å². The molecule has 0 aromatic heterocycles. The Morgan fingerprint density at radius 1 is 1.40 bits per heavy atom. The zero-order chi connectivity index (χ0) is 12.3. The van der Waals surface area contributed by atoms with E-state index >= 15 is 0 Å². The van der Waals surface area contributed by atoms with Crippen LogP contribution in [0.3, 0.4) is 0 Å². The summed E-state index contributed by atoms with van der Waals surface area (Å²) in [6, 6.07) is 0. The molecule has 0 saturated carbocycles. The lowest BCUT2D eigenvalue weighted by Crippen LogP contribution is -2.24. The van der Waals surface area contributed by atoms with E-state index in [2.05, 4.69) is 10.5 Å². The van der Waals surface area contributed by atoms with E-state index in [0.717, 1.165) is 13.1 Å². The van der Waals surface area contributed by atoms with Crippen LogP contribution in [0.2, 0.25) is 0 Å². The Kier molecular flexibility index (Phi) is 12.0. The maximum absolute atomic E-state index is 10.1. The number of nitrogens with zero attached hydrogens (tertiary/aromatic N) is 1. The summed E-state index contributed by atoms with van der Waals surface area (Å²) in [5, 5.41) is 1.27. The molecule has 0 unspecified atom stereocenters. The van der Waals surface area contributed by atoms with E-state index in [4.69, 9.17) is 0 Å². The molecule has 0 aliphatic heterocycles. The third-order valence-corrected chi connectivity index (χ3v) is 1.99. The molecule has 15 heavy (non-hydrogen) atoms. The molecule has 0 aliphatic carbocycles. The van der Waals surface area contributed by atoms with Gasteiger partial charge in [-0.1, -0.05) is 13.8 Å². The number of carbonyl (C=O) groups is 1. The molecule has 90 valence electrons. The Hall–Kier alpha value is -1.08. The summed E-state index contributed by atoms with van der Waals surface area (Å²) in [5.74, 6) is 0. The highest BCUT2D eigenvalue weighted by molar-refractivity contribution is 7.71. The molecular weight excluding hydrogens is 220 g/mol. The molecule has 0 aromatic rings. The Labute approximate surface area is 91.5 Å². The second kappa shape index (κ2) is 11.0. The van der Waals surface area contributed by atoms with Gasteiger partial charge in [0.25, 0.3) is 0 Å². The molecule has 0 atom stereocenters. The number of hydrogen-bond donors (Lipinski definition) is 1. The average Bonchev–Trinajstić information content (AvgIpc) is 2.20. The lowest BCUT2D eigenvalue weighted by molar-refractivity contribution is 0.182. The van der Waals surface area contributed by atoms with Crippen LogP contribution in [0.25, 0.3) is 0 Å². The standard InChI is InChI=1S/C6H13NO2S.C2H5NO2/c1-3-7(4-2)5-6-10(8)9;1-5-2(3)4/h6H,3-5H2,1-2H3;1H3,(H2,3,4). The topological polar surface area (TPSA) is 89.7 Å². The number of methoxy groups -OCH3 is 1. The van der Waals surface area contributed by atoms with Crippen molar-refractivity contribution in [3.8, 4) is 0 Å². The first-order valence-corrected chi connectivity index (χ1v) is 5.58. The summed E-state index contributed by atoms with van der Waals surface area (Å²) in [6.07, 6.45) is -0.745. The van der Waals surface area contributed by atoms with Crippen LogP contribution in [-0.4, -0.2) is 51.5 Å². The number of carbonyl (C=O) groups excluding carboxylic acids is 1. The van der Waals surface area contributed by atoms with Crippen LogP contribution >= 0.6 is 0 Å². The van der Waals surface area contributed by atoms with E-state index in [0.29, 0.717) is 6.54 Å². The highest BCUT2D eigenvalue weighted by Gasteiger charge is 1.93. The molecule has 0 spiro atoms. The zero-order valence-electron chi connectivity index (χ0n) is 9.26. The van der Waals surface area contributed by atoms with Crippen LogP contribution in [0.4, 0.5) is 4.79 Å². The zero-order valence-corrected chi connectivity index (χ0v) is 10.1. The number of nitrogens with two attached hydrogens (primary N) is 1. The minimum absolute atomic E-state index is 0.531. The molecule has 0 heterocycles. The first-order chi connectivity index (χ1) is 6.97. The highest BCUT2D eigenvalue weighted by Crippen LogP contribution is 1.81. The van der Waals surface area contributed by atoms with Gasteiger partial charge in [-0.15, -0.1) is 0 Å². The van der Waals surface area contributed by atoms with Crippen molar-refractivity contribution in [2.45, 2.75) is 13.8 Å². The van der Waals surface area contributed by atoms with Gasteiger partial charge in [-0.2, -0.15) is 8.42 Å². The van der Waals surface area contributed by atoms with E-state index in [9.17, 15) is 13.2 Å². The fourth-order valence-corrected chi connectivity index (χ4v) is 0.981. The predicted molar refractivity (Wildman–Crippen MR) is 59.4 cm³/mol. The molecule has 0 radical (unpaired) electrons. The fourth-order valence-electron chi connectivity index (χ4n) is 0.648. The molecule has 0 aromatic carbocycles. The number of rotatable bonds is 4. The maximum atomic E-state index is 10.1. The molecular formula is C8H18N2O4S. The van der Waals surface area contributed by atoms with E-state index in [1.165, 1.54) is 12.5 Å². The van der Waals surface area contributed by atoms with E-state index in [-0.39, 0.29) is 0 Å². The van der Waals surface area contributed by atoms with Crippen LogP contribution < -0.4 is 5.73 Å². The van der Waals surface area contributed by atoms with Gasteiger partial charge in [-0.05, 0) is 13.1 Å². The number of primary amides is 1. The second-order valence-corrected chi connectivity index (χ2v) is 3.29. The quantitative estimate of drug-likeness (QED) is 0.680. The monoisotopic (exact) mass is 238 g/mol. The molecule has 0 bridgehead atoms. The van der Waals surface area contributed by atoms with Crippen LogP contribution in [0.15, 0.2) is 0 Å². The normalized spacial score (nSPS) is 8.80. The lowest BCUT2D eigenvalue weighted by atomic mass is 10.5. The number of ether oxygens (including phenoxy) is 1. The van der Waals surface area contributed by atoms with Crippen molar-refractivity contribution in [3.05, 3.63) is 0 Å². The first kappa shape index (κ1) is 16.4. The molecule has 2 N–H and O–H groups in total. The first-order valence-electron chi connectivity index (χ1n) is 4.45. The number of hydrogen-bond acceptors (Lipinski definition) is 5. The van der Waals surface area contributed by atoms with Gasteiger partial charge < -0.3 is 10.5 Å². The van der Waals surface area contributed by atoms with Gasteiger partial charge in [0, 0.05) is 11.9 Å². The maximum Gasteiger partial charge on any atom is 0.404 e. The Morgan fingerprint density at radius 2 is 1.80 bits per heavy atom. The summed E-state index contributed by atoms with van der Waals surface area (Å²) in [7, 11) is -0.781. The summed E-state index contributed by atoms with van der Waals surface area (Å²) in [5.41, 5.74) is 4.43. The van der Waals surface area contributed by atoms with Gasteiger partial charge in [0.1, 0.15) is 0 Å². The third-order valence-electron chi connectivity index (χ3n) is 1.56. The van der Waals surface area contributed by atoms with Crippen LogP contribution in [0.1, 0.15) is 13.8 Å². The Bertz CT molecular complexity index is 275. The Morgan fingerprint density at radius 3 is 2.00 bits per heavy atom. The fraction of sp³-hybridized carbons (Fsp3) is 0.750. The van der Waals surface area contributed by atoms with Gasteiger partial charge in [0.05, 0.1) is 7.11 Å². The van der Waals surface area contributed by atoms with Crippen molar-refractivity contribution < 1.29 is 17.9 Å². The van der Waals surface area contributed by atoms with Crippen LogP contribution in [0, 0.1) is 0 Å². The van der Waals surface area contributed by atoms with Gasteiger partial charge in [-0.25, -0.2) is 4.79 Å². The van der Waals surface area contributed by atoms with Crippen LogP contribution in [-0.2, 0) is 15.0 Å². The molecule has 6 nitrogen and oxygen atoms in total.